The minimum Gasteiger partial charge on any atom is -0.345 e. The Morgan fingerprint density at radius 1 is 1.42 bits per heavy atom. The van der Waals surface area contributed by atoms with E-state index in [0.29, 0.717) is 5.82 Å². The SMILES string of the molecule is CC1(C)S[C@H]2C(NC(=O)Cn3cccc3)C(=O)N2C1c1nn[nH]n1. The second-order valence-corrected chi connectivity index (χ2v) is 8.20. The zero-order chi connectivity index (χ0) is 16.9. The Bertz CT molecular complexity index is 758. The number of nitrogens with zero attached hydrogens (tertiary/aromatic N) is 5. The van der Waals surface area contributed by atoms with Crippen LogP contribution in [0.3, 0.4) is 0 Å². The summed E-state index contributed by atoms with van der Waals surface area (Å²) < 4.78 is 1.51. The summed E-state index contributed by atoms with van der Waals surface area (Å²) in [5.41, 5.74) is 0. The van der Waals surface area contributed by atoms with Crippen LogP contribution in [-0.4, -0.2) is 58.1 Å². The minimum atomic E-state index is -0.505. The fourth-order valence-electron chi connectivity index (χ4n) is 3.31. The average molecular weight is 347 g/mol. The lowest BCUT2D eigenvalue weighted by atomic mass is 9.95. The fourth-order valence-corrected chi connectivity index (χ4v) is 4.94. The van der Waals surface area contributed by atoms with Crippen LogP contribution in [0.25, 0.3) is 0 Å². The third-order valence-electron chi connectivity index (χ3n) is 4.36. The number of aromatic amines is 1. The van der Waals surface area contributed by atoms with Crippen LogP contribution in [0.2, 0.25) is 0 Å². The molecular formula is C14H17N7O2S. The number of carbonyl (C=O) groups excluding carboxylic acids is 2. The molecular weight excluding hydrogens is 330 g/mol. The molecule has 126 valence electrons. The third-order valence-corrected chi connectivity index (χ3v) is 5.93. The van der Waals surface area contributed by atoms with E-state index in [1.807, 2.05) is 38.4 Å². The first-order chi connectivity index (χ1) is 11.5. The highest BCUT2D eigenvalue weighted by Gasteiger charge is 2.63. The Kier molecular flexibility index (Phi) is 3.37. The second kappa shape index (κ2) is 5.33. The summed E-state index contributed by atoms with van der Waals surface area (Å²) in [5, 5.41) is 16.8. The molecule has 0 spiro atoms. The highest BCUT2D eigenvalue weighted by molar-refractivity contribution is 8.01. The van der Waals surface area contributed by atoms with Gasteiger partial charge in [0.15, 0.2) is 5.82 Å². The molecule has 4 rings (SSSR count). The Balaban J connectivity index is 1.48. The zero-order valence-electron chi connectivity index (χ0n) is 13.2. The van der Waals surface area contributed by atoms with Crippen LogP contribution >= 0.6 is 11.8 Å². The average Bonchev–Trinajstić information content (AvgIpc) is 3.24. The molecule has 3 atom stereocenters. The van der Waals surface area contributed by atoms with Gasteiger partial charge in [-0.3, -0.25) is 9.59 Å². The lowest BCUT2D eigenvalue weighted by molar-refractivity contribution is -0.151. The number of rotatable bonds is 4. The van der Waals surface area contributed by atoms with Crippen molar-refractivity contribution < 1.29 is 9.59 Å². The van der Waals surface area contributed by atoms with Gasteiger partial charge in [-0.05, 0) is 26.0 Å². The van der Waals surface area contributed by atoms with E-state index in [0.717, 1.165) is 0 Å². The van der Waals surface area contributed by atoms with Crippen LogP contribution in [0.15, 0.2) is 24.5 Å². The number of hydrogen-bond acceptors (Lipinski definition) is 6. The van der Waals surface area contributed by atoms with Crippen molar-refractivity contribution in [1.82, 2.24) is 35.4 Å². The van der Waals surface area contributed by atoms with Crippen LogP contribution in [0.4, 0.5) is 0 Å². The van der Waals surface area contributed by atoms with Crippen LogP contribution in [0.5, 0.6) is 0 Å². The van der Waals surface area contributed by atoms with Crippen LogP contribution in [0.1, 0.15) is 25.7 Å². The molecule has 9 nitrogen and oxygen atoms in total. The molecule has 0 aromatic carbocycles. The molecule has 2 N–H and O–H groups in total. The van der Waals surface area contributed by atoms with E-state index in [9.17, 15) is 9.59 Å². The molecule has 2 aliphatic rings. The molecule has 2 fully saturated rings. The number of H-pyrrole nitrogens is 1. The molecule has 4 heterocycles. The minimum absolute atomic E-state index is 0.103. The smallest absolute Gasteiger partial charge is 0.249 e. The van der Waals surface area contributed by atoms with Crippen molar-refractivity contribution in [3.8, 4) is 0 Å². The van der Waals surface area contributed by atoms with Crippen molar-refractivity contribution in [2.45, 2.75) is 42.6 Å². The topological polar surface area (TPSA) is 109 Å². The number of nitrogens with one attached hydrogen (secondary N) is 2. The van der Waals surface area contributed by atoms with Crippen molar-refractivity contribution in [2.75, 3.05) is 0 Å². The van der Waals surface area contributed by atoms with E-state index >= 15 is 0 Å². The van der Waals surface area contributed by atoms with Gasteiger partial charge < -0.3 is 14.8 Å². The van der Waals surface area contributed by atoms with E-state index < -0.39 is 6.04 Å². The second-order valence-electron chi connectivity index (χ2n) is 6.43. The molecule has 0 saturated carbocycles. The van der Waals surface area contributed by atoms with E-state index in [2.05, 4.69) is 25.9 Å². The van der Waals surface area contributed by atoms with Gasteiger partial charge in [-0.2, -0.15) is 5.21 Å². The summed E-state index contributed by atoms with van der Waals surface area (Å²) in [4.78, 5) is 26.5. The summed E-state index contributed by atoms with van der Waals surface area (Å²) in [7, 11) is 0. The zero-order valence-corrected chi connectivity index (χ0v) is 14.0. The third kappa shape index (κ3) is 2.29. The van der Waals surface area contributed by atoms with Crippen molar-refractivity contribution in [3.63, 3.8) is 0 Å². The Hall–Kier alpha value is -2.36. The summed E-state index contributed by atoms with van der Waals surface area (Å²) in [6.45, 7) is 4.29. The number of β-lactam (4-membered cyclic amide) rings is 1. The first kappa shape index (κ1) is 15.2. The standard InChI is InChI=1S/C14H17N7O2S/c1-14(2)10(11-16-18-19-17-11)21-12(23)9(13(21)24-14)15-8(22)7-20-5-3-4-6-20/h3-6,9-10,13H,7H2,1-2H3,(H,15,22)(H,16,17,18,19)/t9?,10?,13-/m0/s1. The maximum Gasteiger partial charge on any atom is 0.249 e. The first-order valence-electron chi connectivity index (χ1n) is 7.61. The first-order valence-corrected chi connectivity index (χ1v) is 8.49. The number of carbonyl (C=O) groups is 2. The largest absolute Gasteiger partial charge is 0.345 e. The molecule has 0 aliphatic carbocycles. The fraction of sp³-hybridized carbons (Fsp3) is 0.500. The molecule has 2 unspecified atom stereocenters. The Labute approximate surface area is 142 Å². The monoisotopic (exact) mass is 347 g/mol. The molecule has 2 aromatic rings. The van der Waals surface area contributed by atoms with Crippen molar-refractivity contribution >= 4 is 23.6 Å². The van der Waals surface area contributed by atoms with E-state index in [-0.39, 0.29) is 34.5 Å². The number of hydrogen-bond donors (Lipinski definition) is 2. The van der Waals surface area contributed by atoms with Gasteiger partial charge >= 0.3 is 0 Å². The number of aromatic nitrogens is 5. The van der Waals surface area contributed by atoms with Gasteiger partial charge in [-0.25, -0.2) is 0 Å². The van der Waals surface area contributed by atoms with Gasteiger partial charge in [0.2, 0.25) is 11.8 Å². The molecule has 2 aliphatic heterocycles. The molecule has 2 saturated heterocycles. The van der Waals surface area contributed by atoms with Crippen LogP contribution in [0, 0.1) is 0 Å². The number of amides is 2. The van der Waals surface area contributed by atoms with Crippen molar-refractivity contribution in [1.29, 1.82) is 0 Å². The van der Waals surface area contributed by atoms with Gasteiger partial charge in [0, 0.05) is 17.1 Å². The van der Waals surface area contributed by atoms with E-state index in [4.69, 9.17) is 0 Å². The van der Waals surface area contributed by atoms with Crippen LogP contribution in [-0.2, 0) is 16.1 Å². The lowest BCUT2D eigenvalue weighted by Crippen LogP contribution is -2.68. The van der Waals surface area contributed by atoms with E-state index in [1.165, 1.54) is 0 Å². The number of thioether (sulfide) groups is 1. The van der Waals surface area contributed by atoms with Gasteiger partial charge in [0.05, 0.1) is 0 Å². The predicted molar refractivity (Wildman–Crippen MR) is 85.6 cm³/mol. The highest BCUT2D eigenvalue weighted by atomic mass is 32.2. The number of fused-ring (bicyclic) bond motifs is 1. The summed E-state index contributed by atoms with van der Waals surface area (Å²) in [5.74, 6) is 0.222. The molecule has 2 aromatic heterocycles. The number of tetrazole rings is 1. The quantitative estimate of drug-likeness (QED) is 0.749. The van der Waals surface area contributed by atoms with Crippen molar-refractivity contribution in [2.24, 2.45) is 0 Å². The Morgan fingerprint density at radius 2 is 2.17 bits per heavy atom. The normalized spacial score (nSPS) is 27.7. The lowest BCUT2D eigenvalue weighted by Gasteiger charge is -2.44. The van der Waals surface area contributed by atoms with Gasteiger partial charge in [0.25, 0.3) is 0 Å². The van der Waals surface area contributed by atoms with Gasteiger partial charge in [0.1, 0.15) is 24.0 Å². The maximum absolute atomic E-state index is 12.6. The van der Waals surface area contributed by atoms with Gasteiger partial charge in [-0.1, -0.05) is 5.21 Å². The van der Waals surface area contributed by atoms with Crippen molar-refractivity contribution in [3.05, 3.63) is 30.4 Å². The van der Waals surface area contributed by atoms with E-state index in [1.54, 1.807) is 21.2 Å². The summed E-state index contributed by atoms with van der Waals surface area (Å²) >= 11 is 1.65. The predicted octanol–water partition coefficient (Wildman–Crippen LogP) is -0.0790. The summed E-state index contributed by atoms with van der Waals surface area (Å²) in [6.07, 6.45) is 3.63. The molecule has 10 heteroatoms. The molecule has 24 heavy (non-hydrogen) atoms. The summed E-state index contributed by atoms with van der Waals surface area (Å²) in [6, 6.07) is 2.95. The van der Waals surface area contributed by atoms with Crippen LogP contribution < -0.4 is 5.32 Å². The highest BCUT2D eigenvalue weighted by Crippen LogP contribution is 2.56. The Morgan fingerprint density at radius 3 is 2.83 bits per heavy atom. The van der Waals surface area contributed by atoms with Gasteiger partial charge in [-0.15, -0.1) is 22.0 Å². The molecule has 0 radical (unpaired) electrons. The molecule has 0 bridgehead atoms. The molecule has 2 amide bonds. The maximum atomic E-state index is 12.6.